The van der Waals surface area contributed by atoms with Crippen molar-refractivity contribution in [2.75, 3.05) is 19.8 Å². The molecule has 0 aliphatic rings. The Morgan fingerprint density at radius 3 is 2.41 bits per heavy atom. The van der Waals surface area contributed by atoms with E-state index < -0.39 is 0 Å². The predicted octanol–water partition coefficient (Wildman–Crippen LogP) is 4.78. The smallest absolute Gasteiger partial charge is 0.338 e. The molecular weight excluding hydrogens is 276 g/mol. The first kappa shape index (κ1) is 18.7. The van der Waals surface area contributed by atoms with Crippen molar-refractivity contribution in [3.8, 4) is 0 Å². The van der Waals surface area contributed by atoms with Crippen LogP contribution in [0.1, 0.15) is 68.3 Å². The monoisotopic (exact) mass is 306 g/mol. The van der Waals surface area contributed by atoms with Crippen LogP contribution < -0.4 is 0 Å². The van der Waals surface area contributed by atoms with Gasteiger partial charge in [0.15, 0.2) is 0 Å². The van der Waals surface area contributed by atoms with Crippen LogP contribution in [0.15, 0.2) is 24.3 Å². The Morgan fingerprint density at radius 2 is 1.64 bits per heavy atom. The van der Waals surface area contributed by atoms with E-state index in [0.717, 1.165) is 25.0 Å². The molecule has 0 unspecified atom stereocenters. The third kappa shape index (κ3) is 7.60. The van der Waals surface area contributed by atoms with Crippen molar-refractivity contribution in [1.29, 1.82) is 0 Å². The normalized spacial score (nSPS) is 10.6. The summed E-state index contributed by atoms with van der Waals surface area (Å²) in [4.78, 5) is 12.0. The first-order valence-electron chi connectivity index (χ1n) is 8.62. The van der Waals surface area contributed by atoms with Crippen molar-refractivity contribution in [2.45, 2.75) is 58.8 Å². The number of carbonyl (C=O) groups is 1. The van der Waals surface area contributed by atoms with Crippen molar-refractivity contribution < 1.29 is 14.3 Å². The van der Waals surface area contributed by atoms with Gasteiger partial charge in [0.2, 0.25) is 0 Å². The molecule has 1 aromatic carbocycles. The van der Waals surface area contributed by atoms with Crippen molar-refractivity contribution in [1.82, 2.24) is 0 Å². The summed E-state index contributed by atoms with van der Waals surface area (Å²) in [6.07, 6.45) is 8.38. The fourth-order valence-corrected chi connectivity index (χ4v) is 2.39. The molecule has 0 spiro atoms. The van der Waals surface area contributed by atoms with Gasteiger partial charge in [-0.15, -0.1) is 0 Å². The molecule has 3 heteroatoms. The average molecular weight is 306 g/mol. The fourth-order valence-electron chi connectivity index (χ4n) is 2.39. The molecule has 1 rings (SSSR count). The van der Waals surface area contributed by atoms with E-state index in [1.54, 1.807) is 0 Å². The number of benzene rings is 1. The minimum Gasteiger partial charge on any atom is -0.460 e. The summed E-state index contributed by atoms with van der Waals surface area (Å²) in [6, 6.07) is 7.59. The number of hydrogen-bond donors (Lipinski definition) is 0. The van der Waals surface area contributed by atoms with Crippen LogP contribution in [0.4, 0.5) is 0 Å². The predicted molar refractivity (Wildman–Crippen MR) is 90.3 cm³/mol. The molecule has 1 aromatic rings. The highest BCUT2D eigenvalue weighted by Crippen LogP contribution is 2.10. The van der Waals surface area contributed by atoms with E-state index in [9.17, 15) is 4.79 Å². The van der Waals surface area contributed by atoms with Crippen LogP contribution in [-0.4, -0.2) is 25.8 Å². The van der Waals surface area contributed by atoms with E-state index in [1.165, 1.54) is 32.1 Å². The summed E-state index contributed by atoms with van der Waals surface area (Å²) in [6.45, 7) is 5.83. The van der Waals surface area contributed by atoms with E-state index in [4.69, 9.17) is 9.47 Å². The third-order valence-corrected chi connectivity index (χ3v) is 3.72. The fraction of sp³-hybridized carbons (Fsp3) is 0.632. The lowest BCUT2D eigenvalue weighted by Crippen LogP contribution is -2.12. The van der Waals surface area contributed by atoms with Gasteiger partial charge in [-0.1, -0.05) is 64.2 Å². The molecule has 0 bridgehead atoms. The number of rotatable bonds is 12. The summed E-state index contributed by atoms with van der Waals surface area (Å²) in [7, 11) is 0. The maximum atomic E-state index is 12.0. The second-order valence-electron chi connectivity index (χ2n) is 5.53. The van der Waals surface area contributed by atoms with Gasteiger partial charge in [0.25, 0.3) is 0 Å². The highest BCUT2D eigenvalue weighted by atomic mass is 16.6. The quantitative estimate of drug-likeness (QED) is 0.412. The standard InChI is InChI=1S/C19H30O3/c1-3-5-6-7-8-11-14-21-15-16-22-19(20)18-13-10-9-12-17(18)4-2/h9-10,12-13H,3-8,11,14-16H2,1-2H3. The lowest BCUT2D eigenvalue weighted by Gasteiger charge is -2.08. The zero-order valence-corrected chi connectivity index (χ0v) is 14.1. The Morgan fingerprint density at radius 1 is 0.909 bits per heavy atom. The number of hydrogen-bond acceptors (Lipinski definition) is 3. The molecule has 0 amide bonds. The molecular formula is C19H30O3. The number of aryl methyl sites for hydroxylation is 1. The van der Waals surface area contributed by atoms with Gasteiger partial charge in [-0.25, -0.2) is 4.79 Å². The van der Waals surface area contributed by atoms with Gasteiger partial charge in [0, 0.05) is 6.61 Å². The molecule has 0 aromatic heterocycles. The average Bonchev–Trinajstić information content (AvgIpc) is 2.56. The van der Waals surface area contributed by atoms with Crippen LogP contribution in [0.25, 0.3) is 0 Å². The van der Waals surface area contributed by atoms with Crippen LogP contribution in [0.5, 0.6) is 0 Å². The molecule has 0 radical (unpaired) electrons. The Kier molecular flexibility index (Phi) is 10.4. The van der Waals surface area contributed by atoms with Crippen LogP contribution in [-0.2, 0) is 15.9 Å². The van der Waals surface area contributed by atoms with Crippen LogP contribution in [0.3, 0.4) is 0 Å². The Balaban J connectivity index is 2.06. The molecule has 124 valence electrons. The number of unbranched alkanes of at least 4 members (excludes halogenated alkanes) is 5. The van der Waals surface area contributed by atoms with Crippen molar-refractivity contribution in [3.63, 3.8) is 0 Å². The molecule has 0 saturated heterocycles. The number of esters is 1. The Bertz CT molecular complexity index is 415. The maximum absolute atomic E-state index is 12.0. The van der Waals surface area contributed by atoms with Crippen molar-refractivity contribution >= 4 is 5.97 Å². The third-order valence-electron chi connectivity index (χ3n) is 3.72. The molecule has 22 heavy (non-hydrogen) atoms. The van der Waals surface area contributed by atoms with Gasteiger partial charge in [0.05, 0.1) is 12.2 Å². The van der Waals surface area contributed by atoms with Crippen LogP contribution in [0, 0.1) is 0 Å². The summed E-state index contributed by atoms with van der Waals surface area (Å²) in [5.41, 5.74) is 1.70. The van der Waals surface area contributed by atoms with Crippen LogP contribution >= 0.6 is 0 Å². The first-order valence-corrected chi connectivity index (χ1v) is 8.62. The minimum atomic E-state index is -0.249. The van der Waals surface area contributed by atoms with E-state index >= 15 is 0 Å². The summed E-state index contributed by atoms with van der Waals surface area (Å²) in [5.74, 6) is -0.249. The molecule has 0 saturated carbocycles. The van der Waals surface area contributed by atoms with Crippen molar-refractivity contribution in [3.05, 3.63) is 35.4 Å². The van der Waals surface area contributed by atoms with E-state index in [2.05, 4.69) is 6.92 Å². The number of ether oxygens (including phenoxy) is 2. The van der Waals surface area contributed by atoms with Gasteiger partial charge in [-0.2, -0.15) is 0 Å². The van der Waals surface area contributed by atoms with Gasteiger partial charge < -0.3 is 9.47 Å². The lowest BCUT2D eigenvalue weighted by molar-refractivity contribution is 0.0311. The highest BCUT2D eigenvalue weighted by Gasteiger charge is 2.10. The van der Waals surface area contributed by atoms with E-state index in [-0.39, 0.29) is 5.97 Å². The largest absolute Gasteiger partial charge is 0.460 e. The van der Waals surface area contributed by atoms with Crippen LogP contribution in [0.2, 0.25) is 0 Å². The Hall–Kier alpha value is -1.35. The molecule has 0 heterocycles. The number of carbonyl (C=O) groups excluding carboxylic acids is 1. The molecule has 3 nitrogen and oxygen atoms in total. The zero-order chi connectivity index (χ0) is 16.0. The molecule has 0 N–H and O–H groups in total. The van der Waals surface area contributed by atoms with E-state index in [0.29, 0.717) is 18.8 Å². The SMILES string of the molecule is CCCCCCCCOCCOC(=O)c1ccccc1CC. The molecule has 0 aliphatic carbocycles. The summed E-state index contributed by atoms with van der Waals surface area (Å²) in [5, 5.41) is 0. The summed E-state index contributed by atoms with van der Waals surface area (Å²) < 4.78 is 10.8. The highest BCUT2D eigenvalue weighted by molar-refractivity contribution is 5.91. The maximum Gasteiger partial charge on any atom is 0.338 e. The topological polar surface area (TPSA) is 35.5 Å². The second-order valence-corrected chi connectivity index (χ2v) is 5.53. The summed E-state index contributed by atoms with van der Waals surface area (Å²) >= 11 is 0. The van der Waals surface area contributed by atoms with Gasteiger partial charge in [-0.05, 0) is 24.5 Å². The second kappa shape index (κ2) is 12.2. The molecule has 0 aliphatic heterocycles. The first-order chi connectivity index (χ1) is 10.8. The van der Waals surface area contributed by atoms with E-state index in [1.807, 2.05) is 31.2 Å². The zero-order valence-electron chi connectivity index (χ0n) is 14.1. The van der Waals surface area contributed by atoms with Gasteiger partial charge >= 0.3 is 5.97 Å². The Labute approximate surface area is 135 Å². The molecule has 0 atom stereocenters. The molecule has 0 fully saturated rings. The van der Waals surface area contributed by atoms with Crippen molar-refractivity contribution in [2.24, 2.45) is 0 Å². The van der Waals surface area contributed by atoms with Gasteiger partial charge in [0.1, 0.15) is 6.61 Å². The minimum absolute atomic E-state index is 0.249. The van der Waals surface area contributed by atoms with Gasteiger partial charge in [-0.3, -0.25) is 0 Å². The lowest BCUT2D eigenvalue weighted by atomic mass is 10.1.